The van der Waals surface area contributed by atoms with Gasteiger partial charge in [0.25, 0.3) is 0 Å². The Labute approximate surface area is 78.8 Å². The molecule has 74 valence electrons. The number of hydrogen-bond acceptors (Lipinski definition) is 2. The van der Waals surface area contributed by atoms with Crippen LogP contribution in [0.1, 0.15) is 26.7 Å². The summed E-state index contributed by atoms with van der Waals surface area (Å²) in [4.78, 5) is 13.1. The summed E-state index contributed by atoms with van der Waals surface area (Å²) in [5.74, 6) is 0.612. The molecule has 0 aromatic rings. The van der Waals surface area contributed by atoms with Crippen molar-refractivity contribution >= 4 is 11.7 Å². The van der Waals surface area contributed by atoms with Gasteiger partial charge in [0.1, 0.15) is 0 Å². The molecule has 0 aromatic carbocycles. The van der Waals surface area contributed by atoms with Crippen LogP contribution in [-0.4, -0.2) is 35.8 Å². The standard InChI is InChI=1S/C9H17N3O/c1-7(2)11-9(13)6-12-5-3-4-8(12)10/h7,10H,3-6H2,1-2H3,(H,11,13). The molecule has 0 atom stereocenters. The third-order valence-corrected chi connectivity index (χ3v) is 2.01. The lowest BCUT2D eigenvalue weighted by molar-refractivity contribution is -0.121. The van der Waals surface area contributed by atoms with Crippen molar-refractivity contribution in [3.8, 4) is 0 Å². The molecule has 0 saturated carbocycles. The molecular formula is C9H17N3O. The van der Waals surface area contributed by atoms with Crippen LogP contribution in [-0.2, 0) is 4.79 Å². The topological polar surface area (TPSA) is 56.2 Å². The molecule has 0 aliphatic carbocycles. The Bertz CT molecular complexity index is 213. The molecule has 0 aromatic heterocycles. The summed E-state index contributed by atoms with van der Waals surface area (Å²) in [7, 11) is 0. The van der Waals surface area contributed by atoms with Gasteiger partial charge < -0.3 is 10.2 Å². The maximum absolute atomic E-state index is 11.3. The van der Waals surface area contributed by atoms with Gasteiger partial charge in [0.15, 0.2) is 0 Å². The van der Waals surface area contributed by atoms with Crippen molar-refractivity contribution in [2.75, 3.05) is 13.1 Å². The number of hydrogen-bond donors (Lipinski definition) is 2. The first kappa shape index (κ1) is 10.0. The number of likely N-dealkylation sites (tertiary alicyclic amines) is 1. The van der Waals surface area contributed by atoms with Crippen molar-refractivity contribution in [2.45, 2.75) is 32.7 Å². The summed E-state index contributed by atoms with van der Waals surface area (Å²) in [5, 5.41) is 10.3. The molecule has 0 bridgehead atoms. The SMILES string of the molecule is CC(C)NC(=O)CN1CCCC1=N. The number of amidine groups is 1. The lowest BCUT2D eigenvalue weighted by Crippen LogP contribution is -2.40. The largest absolute Gasteiger partial charge is 0.352 e. The molecule has 0 radical (unpaired) electrons. The fraction of sp³-hybridized carbons (Fsp3) is 0.778. The maximum Gasteiger partial charge on any atom is 0.239 e. The summed E-state index contributed by atoms with van der Waals surface area (Å²) in [6.07, 6.45) is 1.82. The van der Waals surface area contributed by atoms with Gasteiger partial charge in [-0.25, -0.2) is 0 Å². The van der Waals surface area contributed by atoms with Crippen LogP contribution in [0.5, 0.6) is 0 Å². The highest BCUT2D eigenvalue weighted by atomic mass is 16.2. The van der Waals surface area contributed by atoms with E-state index in [-0.39, 0.29) is 11.9 Å². The molecule has 1 saturated heterocycles. The van der Waals surface area contributed by atoms with Crippen LogP contribution < -0.4 is 5.32 Å². The fourth-order valence-corrected chi connectivity index (χ4v) is 1.45. The predicted octanol–water partition coefficient (Wildman–Crippen LogP) is 0.584. The zero-order valence-electron chi connectivity index (χ0n) is 8.26. The molecule has 0 spiro atoms. The molecule has 4 nitrogen and oxygen atoms in total. The Morgan fingerprint density at radius 3 is 2.85 bits per heavy atom. The lowest BCUT2D eigenvalue weighted by Gasteiger charge is -2.17. The minimum absolute atomic E-state index is 0.0154. The first-order chi connectivity index (χ1) is 6.09. The molecular weight excluding hydrogens is 166 g/mol. The van der Waals surface area contributed by atoms with Crippen molar-refractivity contribution < 1.29 is 4.79 Å². The van der Waals surface area contributed by atoms with Gasteiger partial charge in [0.2, 0.25) is 5.91 Å². The van der Waals surface area contributed by atoms with Crippen LogP contribution in [0.4, 0.5) is 0 Å². The first-order valence-corrected chi connectivity index (χ1v) is 4.71. The Kier molecular flexibility index (Phi) is 3.28. The van der Waals surface area contributed by atoms with Crippen LogP contribution in [0.25, 0.3) is 0 Å². The summed E-state index contributed by atoms with van der Waals surface area (Å²) >= 11 is 0. The van der Waals surface area contributed by atoms with Crippen LogP contribution in [0.15, 0.2) is 0 Å². The Hall–Kier alpha value is -1.06. The van der Waals surface area contributed by atoms with Gasteiger partial charge in [-0.15, -0.1) is 0 Å². The van der Waals surface area contributed by atoms with E-state index >= 15 is 0 Å². The average Bonchev–Trinajstić information content (AvgIpc) is 2.34. The van der Waals surface area contributed by atoms with Crippen LogP contribution >= 0.6 is 0 Å². The van der Waals surface area contributed by atoms with E-state index in [1.165, 1.54) is 0 Å². The minimum Gasteiger partial charge on any atom is -0.352 e. The minimum atomic E-state index is 0.0154. The Morgan fingerprint density at radius 1 is 1.69 bits per heavy atom. The van der Waals surface area contributed by atoms with Gasteiger partial charge >= 0.3 is 0 Å². The van der Waals surface area contributed by atoms with Gasteiger partial charge in [0, 0.05) is 19.0 Å². The van der Waals surface area contributed by atoms with E-state index in [4.69, 9.17) is 5.41 Å². The summed E-state index contributed by atoms with van der Waals surface area (Å²) in [5.41, 5.74) is 0. The van der Waals surface area contributed by atoms with Gasteiger partial charge in [-0.05, 0) is 20.3 Å². The Morgan fingerprint density at radius 2 is 2.38 bits per heavy atom. The van der Waals surface area contributed by atoms with E-state index in [0.717, 1.165) is 19.4 Å². The van der Waals surface area contributed by atoms with Gasteiger partial charge in [0.05, 0.1) is 12.4 Å². The number of amides is 1. The third kappa shape index (κ3) is 3.05. The molecule has 0 unspecified atom stereocenters. The van der Waals surface area contributed by atoms with E-state index in [9.17, 15) is 4.79 Å². The number of carbonyl (C=O) groups is 1. The summed E-state index contributed by atoms with van der Waals surface area (Å²) < 4.78 is 0. The molecule has 4 heteroatoms. The molecule has 2 N–H and O–H groups in total. The molecule has 1 heterocycles. The quantitative estimate of drug-likeness (QED) is 0.672. The predicted molar refractivity (Wildman–Crippen MR) is 51.8 cm³/mol. The number of nitrogens with one attached hydrogen (secondary N) is 2. The molecule has 1 fully saturated rings. The van der Waals surface area contributed by atoms with E-state index in [0.29, 0.717) is 12.4 Å². The second kappa shape index (κ2) is 4.25. The zero-order chi connectivity index (χ0) is 9.84. The van der Waals surface area contributed by atoms with E-state index < -0.39 is 0 Å². The normalized spacial score (nSPS) is 16.8. The first-order valence-electron chi connectivity index (χ1n) is 4.71. The van der Waals surface area contributed by atoms with Gasteiger partial charge in [-0.1, -0.05) is 0 Å². The third-order valence-electron chi connectivity index (χ3n) is 2.01. The summed E-state index contributed by atoms with van der Waals surface area (Å²) in [6.45, 7) is 5.07. The van der Waals surface area contributed by atoms with E-state index in [2.05, 4.69) is 5.32 Å². The highest BCUT2D eigenvalue weighted by molar-refractivity contribution is 5.87. The summed E-state index contributed by atoms with van der Waals surface area (Å²) in [6, 6.07) is 0.185. The molecule has 1 aliphatic rings. The highest BCUT2D eigenvalue weighted by Crippen LogP contribution is 2.08. The molecule has 1 rings (SSSR count). The monoisotopic (exact) mass is 183 g/mol. The van der Waals surface area contributed by atoms with Gasteiger partial charge in [-0.3, -0.25) is 10.2 Å². The number of nitrogens with zero attached hydrogens (tertiary/aromatic N) is 1. The van der Waals surface area contributed by atoms with Crippen molar-refractivity contribution in [2.24, 2.45) is 0 Å². The lowest BCUT2D eigenvalue weighted by atomic mass is 10.4. The second-order valence-electron chi connectivity index (χ2n) is 3.69. The second-order valence-corrected chi connectivity index (χ2v) is 3.69. The van der Waals surface area contributed by atoms with Crippen molar-refractivity contribution in [1.82, 2.24) is 10.2 Å². The Balaban J connectivity index is 2.31. The molecule has 1 amide bonds. The zero-order valence-corrected chi connectivity index (χ0v) is 8.26. The van der Waals surface area contributed by atoms with E-state index in [1.54, 1.807) is 0 Å². The fourth-order valence-electron chi connectivity index (χ4n) is 1.45. The van der Waals surface area contributed by atoms with Crippen molar-refractivity contribution in [1.29, 1.82) is 5.41 Å². The number of carbonyl (C=O) groups excluding carboxylic acids is 1. The van der Waals surface area contributed by atoms with Gasteiger partial charge in [-0.2, -0.15) is 0 Å². The smallest absolute Gasteiger partial charge is 0.239 e. The molecule has 1 aliphatic heterocycles. The average molecular weight is 183 g/mol. The van der Waals surface area contributed by atoms with E-state index in [1.807, 2.05) is 18.7 Å². The van der Waals surface area contributed by atoms with Crippen molar-refractivity contribution in [3.63, 3.8) is 0 Å². The van der Waals surface area contributed by atoms with Crippen molar-refractivity contribution in [3.05, 3.63) is 0 Å². The highest BCUT2D eigenvalue weighted by Gasteiger charge is 2.19. The van der Waals surface area contributed by atoms with Crippen LogP contribution in [0.3, 0.4) is 0 Å². The molecule has 13 heavy (non-hydrogen) atoms. The van der Waals surface area contributed by atoms with Crippen LogP contribution in [0.2, 0.25) is 0 Å². The maximum atomic E-state index is 11.3. The van der Waals surface area contributed by atoms with Crippen LogP contribution in [0, 0.1) is 5.41 Å². The number of rotatable bonds is 3.